The third kappa shape index (κ3) is 2.65. The normalized spacial score (nSPS) is 10.9. The Labute approximate surface area is 134 Å². The van der Waals surface area contributed by atoms with E-state index in [1.54, 1.807) is 13.0 Å². The van der Waals surface area contributed by atoms with Crippen molar-refractivity contribution in [3.63, 3.8) is 0 Å². The average Bonchev–Trinajstić information content (AvgIpc) is 2.83. The van der Waals surface area contributed by atoms with Gasteiger partial charge in [-0.3, -0.25) is 0 Å². The highest BCUT2D eigenvalue weighted by Gasteiger charge is 2.18. The van der Waals surface area contributed by atoms with Crippen molar-refractivity contribution in [1.29, 1.82) is 0 Å². The number of aryl methyl sites for hydroxylation is 1. The summed E-state index contributed by atoms with van der Waals surface area (Å²) in [7, 11) is 0. The summed E-state index contributed by atoms with van der Waals surface area (Å²) in [4.78, 5) is 28.9. The van der Waals surface area contributed by atoms with Crippen LogP contribution in [0.15, 0.2) is 39.5 Å². The molecule has 0 atom stereocenters. The molecule has 0 aliphatic rings. The molecule has 24 heavy (non-hydrogen) atoms. The lowest BCUT2D eigenvalue weighted by Gasteiger charge is -2.09. The van der Waals surface area contributed by atoms with E-state index < -0.39 is 29.8 Å². The van der Waals surface area contributed by atoms with E-state index in [0.717, 1.165) is 12.1 Å². The van der Waals surface area contributed by atoms with Crippen molar-refractivity contribution in [3.05, 3.63) is 51.9 Å². The van der Waals surface area contributed by atoms with Gasteiger partial charge in [0.1, 0.15) is 11.3 Å². The second-order valence-electron chi connectivity index (χ2n) is 5.16. The summed E-state index contributed by atoms with van der Waals surface area (Å²) < 4.78 is 5.65. The van der Waals surface area contributed by atoms with Crippen LogP contribution in [0.2, 0.25) is 0 Å². The molecule has 0 unspecified atom stereocenters. The molecule has 0 amide bonds. The number of fused-ring (bicyclic) bond motifs is 1. The summed E-state index contributed by atoms with van der Waals surface area (Å²) in [5, 5.41) is 28.9. The number of hydrogen-bond acceptors (Lipinski definition) is 7. The van der Waals surface area contributed by atoms with Crippen molar-refractivity contribution in [2.24, 2.45) is 0 Å². The average molecular weight is 331 g/mol. The molecule has 3 rings (SSSR count). The van der Waals surface area contributed by atoms with E-state index in [-0.39, 0.29) is 16.9 Å². The van der Waals surface area contributed by atoms with Crippen LogP contribution in [0, 0.1) is 6.92 Å². The predicted octanol–water partition coefficient (Wildman–Crippen LogP) is 1.22. The number of phenolic OH excluding ortho intramolecular Hbond substituents is 1. The zero-order valence-corrected chi connectivity index (χ0v) is 12.5. The fraction of sp³-hybridized carbons (Fsp3) is 0.125. The van der Waals surface area contributed by atoms with Gasteiger partial charge in [-0.15, -0.1) is 4.73 Å². The molecule has 3 N–H and O–H groups in total. The Morgan fingerprint density at radius 2 is 1.83 bits per heavy atom. The Balaban J connectivity index is 1.94. The number of hydrogen-bond donors (Lipinski definition) is 3. The number of carbonyl (C=O) groups excluding carboxylic acids is 1. The maximum atomic E-state index is 12.1. The van der Waals surface area contributed by atoms with Crippen LogP contribution in [-0.4, -0.2) is 26.0 Å². The lowest BCUT2D eigenvalue weighted by Crippen LogP contribution is -2.24. The largest absolute Gasteiger partial charge is 0.508 e. The molecule has 0 bridgehead atoms. The minimum absolute atomic E-state index is 0.0456. The van der Waals surface area contributed by atoms with Crippen molar-refractivity contribution in [2.75, 3.05) is 0 Å². The van der Waals surface area contributed by atoms with Crippen LogP contribution in [-0.2, 0) is 11.2 Å². The van der Waals surface area contributed by atoms with Gasteiger partial charge >= 0.3 is 11.6 Å². The van der Waals surface area contributed by atoms with E-state index in [4.69, 9.17) is 9.25 Å². The number of aromatic nitrogens is 1. The minimum atomic E-state index is -0.870. The quantitative estimate of drug-likeness (QED) is 0.617. The van der Waals surface area contributed by atoms with E-state index in [1.165, 1.54) is 12.1 Å². The Bertz CT molecular complexity index is 980. The lowest BCUT2D eigenvalue weighted by atomic mass is 10.0. The van der Waals surface area contributed by atoms with Crippen molar-refractivity contribution < 1.29 is 29.4 Å². The Morgan fingerprint density at radius 1 is 1.17 bits per heavy atom. The monoisotopic (exact) mass is 331 g/mol. The molecule has 0 saturated heterocycles. The molecule has 0 spiro atoms. The zero-order chi connectivity index (χ0) is 17.4. The Hall–Kier alpha value is -3.42. The van der Waals surface area contributed by atoms with Gasteiger partial charge < -0.3 is 24.6 Å². The smallest absolute Gasteiger partial charge is 0.340 e. The maximum Gasteiger partial charge on any atom is 0.340 e. The van der Waals surface area contributed by atoms with E-state index >= 15 is 0 Å². The second kappa shape index (κ2) is 5.65. The van der Waals surface area contributed by atoms with Gasteiger partial charge in [-0.25, -0.2) is 9.59 Å². The summed E-state index contributed by atoms with van der Waals surface area (Å²) in [5.74, 6) is -1.83. The highest BCUT2D eigenvalue weighted by atomic mass is 16.7. The van der Waals surface area contributed by atoms with Crippen LogP contribution in [0.4, 0.5) is 0 Å². The highest BCUT2D eigenvalue weighted by Crippen LogP contribution is 2.24. The third-order valence-corrected chi connectivity index (χ3v) is 3.58. The summed E-state index contributed by atoms with van der Waals surface area (Å²) >= 11 is 0. The summed E-state index contributed by atoms with van der Waals surface area (Å²) in [5.41, 5.74) is 0.0716. The molecular formula is C16H13NO7. The number of benzene rings is 1. The first-order chi connectivity index (χ1) is 11.4. The molecule has 124 valence electrons. The first kappa shape index (κ1) is 15.5. The molecule has 0 saturated carbocycles. The van der Waals surface area contributed by atoms with Crippen molar-refractivity contribution in [1.82, 2.24) is 4.73 Å². The molecule has 0 radical (unpaired) electrons. The first-order valence-electron chi connectivity index (χ1n) is 6.93. The zero-order valence-electron chi connectivity index (χ0n) is 12.5. The van der Waals surface area contributed by atoms with Gasteiger partial charge in [0.25, 0.3) is 0 Å². The van der Waals surface area contributed by atoms with Crippen molar-refractivity contribution in [3.8, 4) is 17.5 Å². The summed E-state index contributed by atoms with van der Waals surface area (Å²) in [6.45, 7) is 1.64. The predicted molar refractivity (Wildman–Crippen MR) is 81.9 cm³/mol. The Kier molecular flexibility index (Phi) is 3.64. The molecule has 2 aromatic heterocycles. The second-order valence-corrected chi connectivity index (χ2v) is 5.16. The standard InChI is InChI=1S/C16H13NO7/c1-8-10-3-2-9(18)6-12(10)23-16(22)11(8)7-15(21)24-17-13(19)4-5-14(17)20/h2-6,18-20H,7H2,1H3. The van der Waals surface area contributed by atoms with Crippen LogP contribution >= 0.6 is 0 Å². The lowest BCUT2D eigenvalue weighted by molar-refractivity contribution is -0.144. The van der Waals surface area contributed by atoms with Crippen LogP contribution < -0.4 is 10.5 Å². The van der Waals surface area contributed by atoms with Crippen molar-refractivity contribution in [2.45, 2.75) is 13.3 Å². The van der Waals surface area contributed by atoms with E-state index in [2.05, 4.69) is 0 Å². The number of nitrogens with zero attached hydrogens (tertiary/aromatic N) is 1. The van der Waals surface area contributed by atoms with Crippen LogP contribution in [0.3, 0.4) is 0 Å². The SMILES string of the molecule is Cc1c(CC(=O)On2c(O)ccc2O)c(=O)oc2cc(O)ccc12. The van der Waals surface area contributed by atoms with Gasteiger partial charge in [0.15, 0.2) is 0 Å². The molecule has 0 aliphatic heterocycles. The molecule has 0 aliphatic carbocycles. The molecule has 8 heteroatoms. The molecule has 0 fully saturated rings. The van der Waals surface area contributed by atoms with Gasteiger partial charge in [-0.1, -0.05) is 0 Å². The van der Waals surface area contributed by atoms with E-state index in [1.807, 2.05) is 0 Å². The summed E-state index contributed by atoms with van der Waals surface area (Å²) in [6.07, 6.45) is -0.415. The molecule has 1 aromatic carbocycles. The summed E-state index contributed by atoms with van der Waals surface area (Å²) in [6, 6.07) is 6.60. The molecular weight excluding hydrogens is 318 g/mol. The molecule has 3 aromatic rings. The maximum absolute atomic E-state index is 12.1. The van der Waals surface area contributed by atoms with Gasteiger partial charge in [-0.05, 0) is 24.6 Å². The number of rotatable bonds is 3. The van der Waals surface area contributed by atoms with Crippen LogP contribution in [0.1, 0.15) is 11.1 Å². The van der Waals surface area contributed by atoms with Crippen molar-refractivity contribution >= 4 is 16.9 Å². The topological polar surface area (TPSA) is 122 Å². The number of carbonyl (C=O) groups is 1. The highest BCUT2D eigenvalue weighted by molar-refractivity contribution is 5.84. The van der Waals surface area contributed by atoms with Gasteiger partial charge in [-0.2, -0.15) is 0 Å². The van der Waals surface area contributed by atoms with Gasteiger partial charge in [0.05, 0.1) is 12.0 Å². The number of phenols is 1. The first-order valence-corrected chi connectivity index (χ1v) is 6.93. The third-order valence-electron chi connectivity index (χ3n) is 3.58. The van der Waals surface area contributed by atoms with E-state index in [0.29, 0.717) is 15.7 Å². The minimum Gasteiger partial charge on any atom is -0.508 e. The van der Waals surface area contributed by atoms with Gasteiger partial charge in [0, 0.05) is 23.6 Å². The number of aromatic hydroxyl groups is 3. The van der Waals surface area contributed by atoms with Crippen LogP contribution in [0.25, 0.3) is 11.0 Å². The van der Waals surface area contributed by atoms with Gasteiger partial charge in [0.2, 0.25) is 11.8 Å². The molecule has 2 heterocycles. The fourth-order valence-corrected chi connectivity index (χ4v) is 2.36. The fourth-order valence-electron chi connectivity index (χ4n) is 2.36. The molecule has 8 nitrogen and oxygen atoms in total. The Morgan fingerprint density at radius 3 is 2.50 bits per heavy atom. The van der Waals surface area contributed by atoms with Crippen LogP contribution in [0.5, 0.6) is 17.5 Å². The van der Waals surface area contributed by atoms with E-state index in [9.17, 15) is 24.9 Å².